The summed E-state index contributed by atoms with van der Waals surface area (Å²) in [5, 5.41) is 7.58. The van der Waals surface area contributed by atoms with Gasteiger partial charge in [0.1, 0.15) is 17.3 Å². The lowest BCUT2D eigenvalue weighted by Crippen LogP contribution is -2.13. The van der Waals surface area contributed by atoms with Crippen LogP contribution in [0.15, 0.2) is 48.5 Å². The predicted octanol–water partition coefficient (Wildman–Crippen LogP) is 2.99. The average molecular weight is 284 g/mol. The molecule has 0 aromatic heterocycles. The van der Waals surface area contributed by atoms with Gasteiger partial charge in [0.05, 0.1) is 19.3 Å². The van der Waals surface area contributed by atoms with E-state index in [2.05, 4.69) is 12.1 Å². The van der Waals surface area contributed by atoms with Crippen LogP contribution in [0.25, 0.3) is 0 Å². The molecule has 4 heteroatoms. The number of rotatable bonds is 7. The van der Waals surface area contributed by atoms with E-state index in [1.165, 1.54) is 5.56 Å². The van der Waals surface area contributed by atoms with Crippen LogP contribution in [0.5, 0.6) is 11.5 Å². The van der Waals surface area contributed by atoms with Gasteiger partial charge in [0, 0.05) is 6.07 Å². The van der Waals surface area contributed by atoms with E-state index in [4.69, 9.17) is 20.6 Å². The molecule has 0 heterocycles. The van der Waals surface area contributed by atoms with Gasteiger partial charge in [-0.2, -0.15) is 0 Å². The summed E-state index contributed by atoms with van der Waals surface area (Å²) in [4.78, 5) is 0. The molecule has 0 spiro atoms. The Kier molecular flexibility index (Phi) is 5.21. The molecule has 0 aliphatic heterocycles. The third kappa shape index (κ3) is 4.24. The molecular formula is C17H20N2O2. The van der Waals surface area contributed by atoms with Crippen molar-refractivity contribution in [3.63, 3.8) is 0 Å². The molecule has 0 unspecified atom stereocenters. The van der Waals surface area contributed by atoms with E-state index in [-0.39, 0.29) is 5.84 Å². The van der Waals surface area contributed by atoms with Gasteiger partial charge in [0.15, 0.2) is 0 Å². The first-order valence-electron chi connectivity index (χ1n) is 6.90. The van der Waals surface area contributed by atoms with Gasteiger partial charge in [-0.05, 0) is 30.5 Å². The molecule has 0 aliphatic carbocycles. The first-order chi connectivity index (χ1) is 10.2. The third-order valence-electron chi connectivity index (χ3n) is 3.19. The SMILES string of the molecule is COc1ccc(C(=N)N)c(OCCCc2ccccc2)c1. The van der Waals surface area contributed by atoms with Crippen LogP contribution in [0.4, 0.5) is 0 Å². The minimum absolute atomic E-state index is 0.00397. The van der Waals surface area contributed by atoms with Crippen molar-refractivity contribution >= 4 is 5.84 Å². The molecule has 0 fully saturated rings. The fraction of sp³-hybridized carbons (Fsp3) is 0.235. The highest BCUT2D eigenvalue weighted by Crippen LogP contribution is 2.24. The summed E-state index contributed by atoms with van der Waals surface area (Å²) < 4.78 is 10.9. The second-order valence-corrected chi connectivity index (χ2v) is 4.71. The summed E-state index contributed by atoms with van der Waals surface area (Å²) >= 11 is 0. The highest BCUT2D eigenvalue weighted by atomic mass is 16.5. The van der Waals surface area contributed by atoms with Crippen molar-refractivity contribution in [1.29, 1.82) is 5.41 Å². The van der Waals surface area contributed by atoms with Gasteiger partial charge in [0.2, 0.25) is 0 Å². The number of hydrogen-bond donors (Lipinski definition) is 2. The maximum atomic E-state index is 7.58. The van der Waals surface area contributed by atoms with Gasteiger partial charge in [-0.3, -0.25) is 5.41 Å². The number of hydrogen-bond acceptors (Lipinski definition) is 3. The molecule has 2 aromatic carbocycles. The van der Waals surface area contributed by atoms with Crippen LogP contribution in [0.2, 0.25) is 0 Å². The average Bonchev–Trinajstić information content (AvgIpc) is 2.52. The number of nitrogens with two attached hydrogens (primary N) is 1. The Bertz CT molecular complexity index is 597. The van der Waals surface area contributed by atoms with Gasteiger partial charge in [-0.25, -0.2) is 0 Å². The topological polar surface area (TPSA) is 68.3 Å². The molecule has 0 aliphatic rings. The lowest BCUT2D eigenvalue weighted by molar-refractivity contribution is 0.308. The number of aryl methyl sites for hydroxylation is 1. The summed E-state index contributed by atoms with van der Waals surface area (Å²) in [5.74, 6) is 1.28. The summed E-state index contributed by atoms with van der Waals surface area (Å²) in [7, 11) is 1.60. The van der Waals surface area contributed by atoms with Gasteiger partial charge in [-0.1, -0.05) is 30.3 Å². The smallest absolute Gasteiger partial charge is 0.133 e. The maximum Gasteiger partial charge on any atom is 0.133 e. The Morgan fingerprint density at radius 1 is 1.14 bits per heavy atom. The van der Waals surface area contributed by atoms with Crippen LogP contribution in [-0.2, 0) is 6.42 Å². The highest BCUT2D eigenvalue weighted by molar-refractivity contribution is 5.97. The molecular weight excluding hydrogens is 264 g/mol. The normalized spacial score (nSPS) is 10.1. The molecule has 0 saturated heterocycles. The summed E-state index contributed by atoms with van der Waals surface area (Å²) in [6, 6.07) is 15.6. The number of ether oxygens (including phenoxy) is 2. The molecule has 2 rings (SSSR count). The van der Waals surface area contributed by atoms with E-state index >= 15 is 0 Å². The second-order valence-electron chi connectivity index (χ2n) is 4.71. The van der Waals surface area contributed by atoms with E-state index in [1.54, 1.807) is 25.3 Å². The minimum Gasteiger partial charge on any atom is -0.497 e. The van der Waals surface area contributed by atoms with E-state index in [9.17, 15) is 0 Å². The van der Waals surface area contributed by atoms with Crippen molar-refractivity contribution in [3.05, 3.63) is 59.7 Å². The molecule has 3 N–H and O–H groups in total. The lowest BCUT2D eigenvalue weighted by atomic mass is 10.1. The van der Waals surface area contributed by atoms with E-state index in [0.29, 0.717) is 23.7 Å². The van der Waals surface area contributed by atoms with Gasteiger partial charge >= 0.3 is 0 Å². The number of benzene rings is 2. The zero-order valence-corrected chi connectivity index (χ0v) is 12.1. The van der Waals surface area contributed by atoms with Gasteiger partial charge < -0.3 is 15.2 Å². The molecule has 2 aromatic rings. The van der Waals surface area contributed by atoms with Gasteiger partial charge in [-0.15, -0.1) is 0 Å². The van der Waals surface area contributed by atoms with Crippen LogP contribution in [-0.4, -0.2) is 19.6 Å². The zero-order valence-electron chi connectivity index (χ0n) is 12.1. The first-order valence-corrected chi connectivity index (χ1v) is 6.90. The van der Waals surface area contributed by atoms with Crippen LogP contribution in [0.3, 0.4) is 0 Å². The number of nitrogen functional groups attached to an aromatic ring is 1. The summed E-state index contributed by atoms with van der Waals surface area (Å²) in [5.41, 5.74) is 7.45. The first kappa shape index (κ1) is 14.9. The molecule has 0 bridgehead atoms. The van der Waals surface area contributed by atoms with E-state index < -0.39 is 0 Å². The molecule has 0 radical (unpaired) electrons. The fourth-order valence-electron chi connectivity index (χ4n) is 2.07. The Labute approximate surface area is 125 Å². The molecule has 110 valence electrons. The largest absolute Gasteiger partial charge is 0.497 e. The number of nitrogens with one attached hydrogen (secondary N) is 1. The summed E-state index contributed by atoms with van der Waals surface area (Å²) in [6.07, 6.45) is 1.86. The van der Waals surface area contributed by atoms with Crippen LogP contribution >= 0.6 is 0 Å². The quantitative estimate of drug-likeness (QED) is 0.466. The van der Waals surface area contributed by atoms with Crippen LogP contribution in [0.1, 0.15) is 17.5 Å². The van der Waals surface area contributed by atoms with Crippen molar-refractivity contribution in [2.75, 3.05) is 13.7 Å². The number of amidine groups is 1. The Morgan fingerprint density at radius 3 is 2.57 bits per heavy atom. The molecule has 0 saturated carbocycles. The monoisotopic (exact) mass is 284 g/mol. The molecule has 0 amide bonds. The Morgan fingerprint density at radius 2 is 1.90 bits per heavy atom. The maximum absolute atomic E-state index is 7.58. The highest BCUT2D eigenvalue weighted by Gasteiger charge is 2.08. The molecule has 4 nitrogen and oxygen atoms in total. The van der Waals surface area contributed by atoms with Crippen molar-refractivity contribution in [2.45, 2.75) is 12.8 Å². The van der Waals surface area contributed by atoms with Crippen molar-refractivity contribution < 1.29 is 9.47 Å². The standard InChI is InChI=1S/C17H20N2O2/c1-20-14-9-10-15(17(18)19)16(12-14)21-11-5-8-13-6-3-2-4-7-13/h2-4,6-7,9-10,12H,5,8,11H2,1H3,(H3,18,19). The van der Waals surface area contributed by atoms with Crippen LogP contribution in [0, 0.1) is 5.41 Å². The van der Waals surface area contributed by atoms with E-state index in [0.717, 1.165) is 12.8 Å². The fourth-order valence-corrected chi connectivity index (χ4v) is 2.07. The van der Waals surface area contributed by atoms with E-state index in [1.807, 2.05) is 18.2 Å². The molecule has 21 heavy (non-hydrogen) atoms. The van der Waals surface area contributed by atoms with Crippen LogP contribution < -0.4 is 15.2 Å². The van der Waals surface area contributed by atoms with Crippen molar-refractivity contribution in [1.82, 2.24) is 0 Å². The van der Waals surface area contributed by atoms with Crippen molar-refractivity contribution in [2.24, 2.45) is 5.73 Å². The molecule has 0 atom stereocenters. The number of methoxy groups -OCH3 is 1. The Hall–Kier alpha value is -2.49. The summed E-state index contributed by atoms with van der Waals surface area (Å²) in [6.45, 7) is 0.572. The second kappa shape index (κ2) is 7.33. The third-order valence-corrected chi connectivity index (χ3v) is 3.19. The van der Waals surface area contributed by atoms with Gasteiger partial charge in [0.25, 0.3) is 0 Å². The Balaban J connectivity index is 1.94. The zero-order chi connectivity index (χ0) is 15.1. The van der Waals surface area contributed by atoms with Crippen molar-refractivity contribution in [3.8, 4) is 11.5 Å². The predicted molar refractivity (Wildman–Crippen MR) is 84.3 cm³/mol. The minimum atomic E-state index is -0.00397. The lowest BCUT2D eigenvalue weighted by Gasteiger charge is -2.12.